The lowest BCUT2D eigenvalue weighted by molar-refractivity contribution is 0.822. The minimum atomic E-state index is 0.929. The van der Waals surface area contributed by atoms with Crippen molar-refractivity contribution in [2.45, 2.75) is 6.42 Å². The van der Waals surface area contributed by atoms with Gasteiger partial charge in [-0.25, -0.2) is 4.98 Å². The summed E-state index contributed by atoms with van der Waals surface area (Å²) in [4.78, 5) is 6.71. The Hall–Kier alpha value is -2.35. The number of hydrogen-bond acceptors (Lipinski definition) is 2. The number of pyridine rings is 1. The largest absolute Gasteiger partial charge is 0.340 e. The number of rotatable bonds is 1. The molecule has 0 bridgehead atoms. The van der Waals surface area contributed by atoms with E-state index in [0.29, 0.717) is 0 Å². The molecule has 0 spiro atoms. The van der Waals surface area contributed by atoms with Crippen LogP contribution in [0.1, 0.15) is 11.1 Å². The van der Waals surface area contributed by atoms with Gasteiger partial charge in [-0.1, -0.05) is 48.5 Å². The maximum Gasteiger partial charge on any atom is 0.137 e. The Morgan fingerprint density at radius 1 is 0.950 bits per heavy atom. The topological polar surface area (TPSA) is 16.1 Å². The zero-order valence-corrected chi connectivity index (χ0v) is 11.1. The van der Waals surface area contributed by atoms with Crippen LogP contribution in [-0.4, -0.2) is 11.5 Å². The molecule has 1 aliphatic heterocycles. The molecule has 2 radical (unpaired) electrons. The number of hydrogen-bond donors (Lipinski definition) is 0. The Kier molecular flexibility index (Phi) is 2.66. The van der Waals surface area contributed by atoms with Gasteiger partial charge in [0.15, 0.2) is 0 Å². The van der Waals surface area contributed by atoms with Crippen LogP contribution >= 0.6 is 0 Å². The third-order valence-electron chi connectivity index (χ3n) is 3.79. The second-order valence-corrected chi connectivity index (χ2v) is 5.03. The van der Waals surface area contributed by atoms with Gasteiger partial charge in [0.1, 0.15) is 12.4 Å². The normalized spacial score (nSPS) is 14.3. The van der Waals surface area contributed by atoms with Gasteiger partial charge < -0.3 is 4.90 Å². The fourth-order valence-corrected chi connectivity index (χ4v) is 2.76. The summed E-state index contributed by atoms with van der Waals surface area (Å²) in [6, 6.07) is 18.9. The van der Waals surface area contributed by atoms with Gasteiger partial charge in [-0.15, -0.1) is 0 Å². The minimum absolute atomic E-state index is 0.929. The Morgan fingerprint density at radius 3 is 2.80 bits per heavy atom. The predicted octanol–water partition coefficient (Wildman–Crippen LogP) is 3.68. The van der Waals surface area contributed by atoms with Gasteiger partial charge in [0.05, 0.1) is 0 Å². The maximum absolute atomic E-state index is 4.57. The third kappa shape index (κ3) is 1.85. The molecule has 1 aliphatic rings. The molecule has 96 valence electrons. The molecule has 2 aromatic carbocycles. The molecule has 0 saturated heterocycles. The summed E-state index contributed by atoms with van der Waals surface area (Å²) < 4.78 is 0. The second-order valence-electron chi connectivity index (χ2n) is 5.03. The summed E-state index contributed by atoms with van der Waals surface area (Å²) in [6.45, 7) is 4.40. The molecule has 2 heteroatoms. The van der Waals surface area contributed by atoms with Gasteiger partial charge in [0.25, 0.3) is 0 Å². The van der Waals surface area contributed by atoms with Crippen LogP contribution < -0.4 is 4.90 Å². The van der Waals surface area contributed by atoms with E-state index in [1.807, 2.05) is 6.20 Å². The van der Waals surface area contributed by atoms with E-state index in [1.54, 1.807) is 0 Å². The molecule has 0 N–H and O–H groups in total. The molecule has 20 heavy (non-hydrogen) atoms. The van der Waals surface area contributed by atoms with Crippen molar-refractivity contribution in [1.29, 1.82) is 0 Å². The zero-order valence-electron chi connectivity index (χ0n) is 11.1. The van der Waals surface area contributed by atoms with Gasteiger partial charge in [0, 0.05) is 18.1 Å². The first kappa shape index (κ1) is 11.5. The molecule has 3 aromatic rings. The van der Waals surface area contributed by atoms with E-state index in [1.165, 1.54) is 21.9 Å². The van der Waals surface area contributed by atoms with Crippen LogP contribution in [0.5, 0.6) is 0 Å². The fraction of sp³-hybridized carbons (Fsp3) is 0.111. The lowest BCUT2D eigenvalue weighted by Gasteiger charge is -2.29. The molecule has 2 nitrogen and oxygen atoms in total. The fourth-order valence-electron chi connectivity index (χ4n) is 2.76. The van der Waals surface area contributed by atoms with Crippen LogP contribution in [0.2, 0.25) is 0 Å². The van der Waals surface area contributed by atoms with Crippen molar-refractivity contribution < 1.29 is 0 Å². The SMILES string of the molecule is [C]1c2ccccc2CCN1c1nccc2ccccc12. The smallest absolute Gasteiger partial charge is 0.137 e. The van der Waals surface area contributed by atoms with Crippen LogP contribution in [-0.2, 0) is 6.42 Å². The number of aromatic nitrogens is 1. The highest BCUT2D eigenvalue weighted by Gasteiger charge is 2.19. The Balaban J connectivity index is 1.78. The highest BCUT2D eigenvalue weighted by Crippen LogP contribution is 2.29. The van der Waals surface area contributed by atoms with Crippen molar-refractivity contribution in [3.63, 3.8) is 0 Å². The molecule has 1 aromatic heterocycles. The van der Waals surface area contributed by atoms with Crippen molar-refractivity contribution in [3.05, 3.63) is 78.5 Å². The van der Waals surface area contributed by atoms with E-state index >= 15 is 0 Å². The monoisotopic (exact) mass is 258 g/mol. The molecule has 2 heterocycles. The molecule has 0 amide bonds. The molecule has 0 aliphatic carbocycles. The van der Waals surface area contributed by atoms with E-state index in [0.717, 1.165) is 18.8 Å². The first-order valence-electron chi connectivity index (χ1n) is 6.88. The van der Waals surface area contributed by atoms with E-state index in [-0.39, 0.29) is 0 Å². The van der Waals surface area contributed by atoms with Crippen molar-refractivity contribution in [1.82, 2.24) is 4.98 Å². The van der Waals surface area contributed by atoms with Crippen molar-refractivity contribution >= 4 is 16.6 Å². The molecule has 4 rings (SSSR count). The van der Waals surface area contributed by atoms with E-state index in [4.69, 9.17) is 0 Å². The van der Waals surface area contributed by atoms with Crippen LogP contribution in [0.15, 0.2) is 60.8 Å². The molecule has 0 saturated carbocycles. The number of fused-ring (bicyclic) bond motifs is 2. The number of anilines is 1. The van der Waals surface area contributed by atoms with Crippen molar-refractivity contribution in [2.75, 3.05) is 11.4 Å². The number of nitrogens with zero attached hydrogens (tertiary/aromatic N) is 2. The van der Waals surface area contributed by atoms with Crippen LogP contribution in [0.4, 0.5) is 5.82 Å². The first-order valence-corrected chi connectivity index (χ1v) is 6.88. The maximum atomic E-state index is 4.57. The molecule has 0 atom stereocenters. The quantitative estimate of drug-likeness (QED) is 0.662. The molecular weight excluding hydrogens is 244 g/mol. The third-order valence-corrected chi connectivity index (χ3v) is 3.79. The van der Waals surface area contributed by atoms with Gasteiger partial charge in [-0.3, -0.25) is 0 Å². The lowest BCUT2D eigenvalue weighted by atomic mass is 9.99. The summed E-state index contributed by atoms with van der Waals surface area (Å²) in [5, 5.41) is 2.40. The molecular formula is C18H14N2. The summed E-state index contributed by atoms with van der Waals surface area (Å²) in [6.07, 6.45) is 2.91. The van der Waals surface area contributed by atoms with Gasteiger partial charge >= 0.3 is 0 Å². The van der Waals surface area contributed by atoms with Crippen molar-refractivity contribution in [3.8, 4) is 0 Å². The molecule has 0 fully saturated rings. The summed E-state index contributed by atoms with van der Waals surface area (Å²) in [7, 11) is 0. The average molecular weight is 258 g/mol. The van der Waals surface area contributed by atoms with Crippen LogP contribution in [0, 0.1) is 6.54 Å². The van der Waals surface area contributed by atoms with Gasteiger partial charge in [-0.2, -0.15) is 0 Å². The minimum Gasteiger partial charge on any atom is -0.340 e. The summed E-state index contributed by atoms with van der Waals surface area (Å²) in [5.74, 6) is 0.998. The molecule has 0 unspecified atom stereocenters. The highest BCUT2D eigenvalue weighted by molar-refractivity contribution is 5.92. The van der Waals surface area contributed by atoms with E-state index in [9.17, 15) is 0 Å². The lowest BCUT2D eigenvalue weighted by Crippen LogP contribution is -2.29. The summed E-state index contributed by atoms with van der Waals surface area (Å²) >= 11 is 0. The predicted molar refractivity (Wildman–Crippen MR) is 81.6 cm³/mol. The van der Waals surface area contributed by atoms with Crippen LogP contribution in [0.25, 0.3) is 10.8 Å². The zero-order chi connectivity index (χ0) is 13.4. The number of benzene rings is 2. The Labute approximate surface area is 118 Å². The van der Waals surface area contributed by atoms with Gasteiger partial charge in [-0.05, 0) is 29.0 Å². The second kappa shape index (κ2) is 4.64. The Morgan fingerprint density at radius 2 is 1.80 bits per heavy atom. The first-order chi connectivity index (χ1) is 9.92. The summed E-state index contributed by atoms with van der Waals surface area (Å²) in [5.41, 5.74) is 2.54. The van der Waals surface area contributed by atoms with Crippen molar-refractivity contribution in [2.24, 2.45) is 0 Å². The standard InChI is InChI=1S/C18H14N2/c1-2-7-16-13-20(12-10-14(16)5-1)18-17-8-4-3-6-15(17)9-11-19-18/h1-9,11H,10,12H2. The highest BCUT2D eigenvalue weighted by atomic mass is 15.2. The Bertz CT molecular complexity index is 759. The van der Waals surface area contributed by atoms with E-state index in [2.05, 4.69) is 71.0 Å². The van der Waals surface area contributed by atoms with Gasteiger partial charge in [0.2, 0.25) is 0 Å². The van der Waals surface area contributed by atoms with Crippen LogP contribution in [0.3, 0.4) is 0 Å². The van der Waals surface area contributed by atoms with E-state index < -0.39 is 0 Å². The average Bonchev–Trinajstić information content (AvgIpc) is 2.54.